The Morgan fingerprint density at radius 2 is 2.44 bits per heavy atom. The number of halogens is 1. The predicted octanol–water partition coefficient (Wildman–Crippen LogP) is 1.18. The lowest BCUT2D eigenvalue weighted by Gasteiger charge is -1.96. The minimum Gasteiger partial charge on any atom is -0.466 e. The first kappa shape index (κ1) is 6.87. The van der Waals surface area contributed by atoms with Crippen LogP contribution in [0.25, 0.3) is 0 Å². The van der Waals surface area contributed by atoms with E-state index < -0.39 is 0 Å². The predicted molar refractivity (Wildman–Crippen MR) is 34.4 cm³/mol. The molecular formula is C6H9ClO2. The molecule has 0 aromatic rings. The van der Waals surface area contributed by atoms with Crippen molar-refractivity contribution in [2.45, 2.75) is 18.7 Å². The third-order valence-corrected chi connectivity index (χ3v) is 1.78. The quantitative estimate of drug-likeness (QED) is 0.434. The summed E-state index contributed by atoms with van der Waals surface area (Å²) in [6.45, 7) is 2.25. The van der Waals surface area contributed by atoms with Crippen molar-refractivity contribution in [2.24, 2.45) is 5.92 Å². The van der Waals surface area contributed by atoms with Crippen LogP contribution in [0.15, 0.2) is 0 Å². The Morgan fingerprint density at radius 3 is 2.78 bits per heavy atom. The van der Waals surface area contributed by atoms with Gasteiger partial charge in [-0.3, -0.25) is 4.79 Å². The maximum Gasteiger partial charge on any atom is 0.310 e. The molecule has 0 bridgehead atoms. The largest absolute Gasteiger partial charge is 0.466 e. The van der Waals surface area contributed by atoms with E-state index in [1.165, 1.54) is 0 Å². The number of alkyl halides is 1. The van der Waals surface area contributed by atoms with E-state index in [2.05, 4.69) is 0 Å². The van der Waals surface area contributed by atoms with Crippen molar-refractivity contribution in [2.75, 3.05) is 6.61 Å². The summed E-state index contributed by atoms with van der Waals surface area (Å²) in [5.74, 6) is -0.149. The highest BCUT2D eigenvalue weighted by Gasteiger charge is 2.42. The molecule has 0 radical (unpaired) electrons. The minimum atomic E-state index is -0.141. The molecule has 0 saturated heterocycles. The number of esters is 1. The van der Waals surface area contributed by atoms with Gasteiger partial charge in [0, 0.05) is 5.38 Å². The van der Waals surface area contributed by atoms with Crippen molar-refractivity contribution in [3.05, 3.63) is 0 Å². The van der Waals surface area contributed by atoms with Crippen molar-refractivity contribution in [1.29, 1.82) is 0 Å². The van der Waals surface area contributed by atoms with Gasteiger partial charge in [-0.25, -0.2) is 0 Å². The Balaban J connectivity index is 2.20. The Bertz CT molecular complexity index is 124. The van der Waals surface area contributed by atoms with Crippen LogP contribution in [0.5, 0.6) is 0 Å². The first-order chi connectivity index (χ1) is 4.25. The summed E-state index contributed by atoms with van der Waals surface area (Å²) in [5, 5.41) is 0.0454. The van der Waals surface area contributed by atoms with Crippen LogP contribution in [0, 0.1) is 5.92 Å². The highest BCUT2D eigenvalue weighted by molar-refractivity contribution is 6.24. The third kappa shape index (κ3) is 1.58. The smallest absolute Gasteiger partial charge is 0.310 e. The number of hydrogen-bond donors (Lipinski definition) is 0. The molecule has 1 aliphatic carbocycles. The molecule has 0 heterocycles. The SMILES string of the molecule is CCOC(=O)C1CC1Cl. The lowest BCUT2D eigenvalue weighted by molar-refractivity contribution is -0.144. The van der Waals surface area contributed by atoms with E-state index in [0.717, 1.165) is 6.42 Å². The fourth-order valence-electron chi connectivity index (χ4n) is 0.657. The molecule has 1 fully saturated rings. The summed E-state index contributed by atoms with van der Waals surface area (Å²) in [5.41, 5.74) is 0. The number of carbonyl (C=O) groups excluding carboxylic acids is 1. The van der Waals surface area contributed by atoms with Crippen LogP contribution in [0.1, 0.15) is 13.3 Å². The average molecular weight is 149 g/mol. The lowest BCUT2D eigenvalue weighted by atomic mass is 10.4. The van der Waals surface area contributed by atoms with Gasteiger partial charge >= 0.3 is 5.97 Å². The van der Waals surface area contributed by atoms with E-state index in [9.17, 15) is 4.79 Å². The molecule has 2 nitrogen and oxygen atoms in total. The van der Waals surface area contributed by atoms with Crippen molar-refractivity contribution < 1.29 is 9.53 Å². The van der Waals surface area contributed by atoms with Gasteiger partial charge in [0.05, 0.1) is 12.5 Å². The van der Waals surface area contributed by atoms with Crippen molar-refractivity contribution in [1.82, 2.24) is 0 Å². The van der Waals surface area contributed by atoms with E-state index in [1.54, 1.807) is 6.92 Å². The van der Waals surface area contributed by atoms with Gasteiger partial charge in [0.1, 0.15) is 0 Å². The zero-order valence-electron chi connectivity index (χ0n) is 5.26. The van der Waals surface area contributed by atoms with Gasteiger partial charge in [0.25, 0.3) is 0 Å². The van der Waals surface area contributed by atoms with E-state index in [0.29, 0.717) is 6.61 Å². The lowest BCUT2D eigenvalue weighted by Crippen LogP contribution is -2.07. The van der Waals surface area contributed by atoms with Crippen molar-refractivity contribution in [3.8, 4) is 0 Å². The maximum absolute atomic E-state index is 10.7. The fraction of sp³-hybridized carbons (Fsp3) is 0.833. The molecule has 0 N–H and O–H groups in total. The molecule has 52 valence electrons. The summed E-state index contributed by atoms with van der Waals surface area (Å²) >= 11 is 5.58. The molecule has 2 unspecified atom stereocenters. The summed E-state index contributed by atoms with van der Waals surface area (Å²) in [6.07, 6.45) is 0.792. The van der Waals surface area contributed by atoms with Gasteiger partial charge in [0.15, 0.2) is 0 Å². The number of ether oxygens (including phenoxy) is 1. The first-order valence-electron chi connectivity index (χ1n) is 3.06. The summed E-state index contributed by atoms with van der Waals surface area (Å²) in [6, 6.07) is 0. The molecule has 0 aromatic carbocycles. The molecule has 2 atom stereocenters. The van der Waals surface area contributed by atoms with Crippen LogP contribution in [0.4, 0.5) is 0 Å². The first-order valence-corrected chi connectivity index (χ1v) is 3.50. The standard InChI is InChI=1S/C6H9ClO2/c1-2-9-6(8)4-3-5(4)7/h4-5H,2-3H2,1H3. The highest BCUT2D eigenvalue weighted by Crippen LogP contribution is 2.36. The van der Waals surface area contributed by atoms with Crippen LogP contribution in [-0.2, 0) is 9.53 Å². The number of rotatable bonds is 2. The third-order valence-electron chi connectivity index (χ3n) is 1.30. The van der Waals surface area contributed by atoms with E-state index >= 15 is 0 Å². The topological polar surface area (TPSA) is 26.3 Å². The summed E-state index contributed by atoms with van der Waals surface area (Å²) in [4.78, 5) is 10.7. The van der Waals surface area contributed by atoms with Gasteiger partial charge in [-0.15, -0.1) is 11.6 Å². The van der Waals surface area contributed by atoms with Crippen LogP contribution in [-0.4, -0.2) is 18.0 Å². The maximum atomic E-state index is 10.7. The molecule has 0 spiro atoms. The number of carbonyl (C=O) groups is 1. The van der Waals surface area contributed by atoms with Crippen LogP contribution in [0.2, 0.25) is 0 Å². The molecule has 1 aliphatic rings. The van der Waals surface area contributed by atoms with Gasteiger partial charge in [0.2, 0.25) is 0 Å². The molecule has 0 aliphatic heterocycles. The number of hydrogen-bond acceptors (Lipinski definition) is 2. The van der Waals surface area contributed by atoms with Gasteiger partial charge in [-0.05, 0) is 13.3 Å². The second kappa shape index (κ2) is 2.56. The molecule has 1 rings (SSSR count). The van der Waals surface area contributed by atoms with Gasteiger partial charge < -0.3 is 4.74 Å². The van der Waals surface area contributed by atoms with E-state index in [4.69, 9.17) is 16.3 Å². The zero-order chi connectivity index (χ0) is 6.85. The Morgan fingerprint density at radius 1 is 1.89 bits per heavy atom. The fourth-order valence-corrected chi connectivity index (χ4v) is 0.952. The second-order valence-electron chi connectivity index (χ2n) is 2.11. The van der Waals surface area contributed by atoms with Crippen molar-refractivity contribution in [3.63, 3.8) is 0 Å². The van der Waals surface area contributed by atoms with Crippen molar-refractivity contribution >= 4 is 17.6 Å². The second-order valence-corrected chi connectivity index (χ2v) is 2.67. The molecular weight excluding hydrogens is 140 g/mol. The molecule has 0 amide bonds. The van der Waals surface area contributed by atoms with Crippen LogP contribution >= 0.6 is 11.6 Å². The summed E-state index contributed by atoms with van der Waals surface area (Å²) < 4.78 is 4.71. The van der Waals surface area contributed by atoms with E-state index in [1.807, 2.05) is 0 Å². The van der Waals surface area contributed by atoms with Crippen LogP contribution in [0.3, 0.4) is 0 Å². The molecule has 9 heavy (non-hydrogen) atoms. The molecule has 1 saturated carbocycles. The molecule has 3 heteroatoms. The van der Waals surface area contributed by atoms with Gasteiger partial charge in [-0.1, -0.05) is 0 Å². The normalized spacial score (nSPS) is 31.8. The summed E-state index contributed by atoms with van der Waals surface area (Å²) in [7, 11) is 0. The van der Waals surface area contributed by atoms with E-state index in [-0.39, 0.29) is 17.3 Å². The highest BCUT2D eigenvalue weighted by atomic mass is 35.5. The minimum absolute atomic E-state index is 0.00776. The zero-order valence-corrected chi connectivity index (χ0v) is 6.02. The van der Waals surface area contributed by atoms with Gasteiger partial charge in [-0.2, -0.15) is 0 Å². The monoisotopic (exact) mass is 148 g/mol. The Labute approximate surface area is 59.1 Å². The Hall–Kier alpha value is -0.240. The Kier molecular flexibility index (Phi) is 1.96. The van der Waals surface area contributed by atoms with Crippen LogP contribution < -0.4 is 0 Å². The average Bonchev–Trinajstić information content (AvgIpc) is 2.47. The molecule has 0 aromatic heterocycles.